The molecule has 0 bridgehead atoms. The number of halogens is 1. The standard InChI is InChI=1S/C42H52ClN5O5Si2/c1-42(2,3)55(7,8)53-17-16-50-34-20-31(23-44-24-34)28-52-40-38-36(26-48(39(38)46-41(43)47-40)29-49-18-19-54(4,5)6)32-14-15-37-33(21-32)22-35(25-45-37)51-27-30-12-10-9-11-13-30/h9-15,20-26H,16-19,27-29H2,1-8H3. The van der Waals surface area contributed by atoms with Crippen LogP contribution in [-0.4, -0.2) is 60.7 Å². The molecule has 0 aliphatic heterocycles. The van der Waals surface area contributed by atoms with Gasteiger partial charge in [0.05, 0.1) is 29.9 Å². The van der Waals surface area contributed by atoms with Crippen LogP contribution in [0.2, 0.25) is 49.1 Å². The number of ether oxygens (including phenoxy) is 4. The third kappa shape index (κ3) is 10.7. The Morgan fingerprint density at radius 1 is 0.764 bits per heavy atom. The molecule has 6 aromatic rings. The van der Waals surface area contributed by atoms with E-state index in [9.17, 15) is 0 Å². The van der Waals surface area contributed by atoms with E-state index < -0.39 is 16.4 Å². The molecule has 0 aliphatic carbocycles. The Morgan fingerprint density at radius 3 is 2.29 bits per heavy atom. The Kier molecular flexibility index (Phi) is 12.6. The SMILES string of the molecule is CC(C)(C)[Si](C)(C)OCCOc1cncc(COc2nc(Cl)nc3c2c(-c2ccc4ncc(OCc5ccccc5)cc4c2)cn3COCC[Si](C)(C)C)c1. The van der Waals surface area contributed by atoms with Crippen LogP contribution in [0, 0.1) is 0 Å². The maximum absolute atomic E-state index is 6.57. The van der Waals surface area contributed by atoms with Crippen LogP contribution in [-0.2, 0) is 29.1 Å². The molecule has 0 aliphatic rings. The molecule has 0 radical (unpaired) electrons. The molecule has 0 atom stereocenters. The number of rotatable bonds is 17. The molecule has 10 nitrogen and oxygen atoms in total. The van der Waals surface area contributed by atoms with Crippen LogP contribution >= 0.6 is 11.6 Å². The van der Waals surface area contributed by atoms with Crippen LogP contribution in [0.5, 0.6) is 17.4 Å². The first kappa shape index (κ1) is 40.3. The second kappa shape index (κ2) is 17.2. The first-order valence-electron chi connectivity index (χ1n) is 18.7. The first-order valence-corrected chi connectivity index (χ1v) is 25.7. The fraction of sp³-hybridized carbons (Fsp3) is 0.381. The normalized spacial score (nSPS) is 12.4. The van der Waals surface area contributed by atoms with E-state index in [0.29, 0.717) is 56.2 Å². The van der Waals surface area contributed by atoms with Crippen molar-refractivity contribution in [3.63, 3.8) is 0 Å². The molecule has 6 rings (SSSR count). The summed E-state index contributed by atoms with van der Waals surface area (Å²) in [5.41, 5.74) is 5.20. The number of pyridine rings is 2. The molecule has 0 N–H and O–H groups in total. The number of nitrogens with zero attached hydrogens (tertiary/aromatic N) is 5. The van der Waals surface area contributed by atoms with E-state index in [0.717, 1.165) is 44.6 Å². The average molecular weight is 799 g/mol. The molecule has 290 valence electrons. The molecule has 4 heterocycles. The zero-order valence-electron chi connectivity index (χ0n) is 33.2. The van der Waals surface area contributed by atoms with E-state index in [2.05, 4.69) is 79.5 Å². The maximum atomic E-state index is 6.57. The molecule has 0 spiro atoms. The molecule has 4 aromatic heterocycles. The third-order valence-corrected chi connectivity index (χ3v) is 16.3. The van der Waals surface area contributed by atoms with Crippen molar-refractivity contribution >= 4 is 49.9 Å². The van der Waals surface area contributed by atoms with E-state index in [1.54, 1.807) is 18.6 Å². The molecule has 0 saturated carbocycles. The molecule has 0 fully saturated rings. The lowest BCUT2D eigenvalue weighted by molar-refractivity contribution is 0.0899. The second-order valence-corrected chi connectivity index (χ2v) is 27.3. The summed E-state index contributed by atoms with van der Waals surface area (Å²) in [5.74, 6) is 1.69. The van der Waals surface area contributed by atoms with Gasteiger partial charge in [0.25, 0.3) is 0 Å². The molecular weight excluding hydrogens is 746 g/mol. The van der Waals surface area contributed by atoms with Gasteiger partial charge in [0, 0.05) is 43.6 Å². The Labute approximate surface area is 331 Å². The Bertz CT molecular complexity index is 2220. The van der Waals surface area contributed by atoms with Crippen molar-refractivity contribution in [3.05, 3.63) is 102 Å². The Hall–Kier alpha value is -4.34. The molecule has 0 amide bonds. The van der Waals surface area contributed by atoms with Gasteiger partial charge in [-0.2, -0.15) is 9.97 Å². The Balaban J connectivity index is 1.26. The summed E-state index contributed by atoms with van der Waals surface area (Å²) in [6, 6.07) is 21.2. The fourth-order valence-electron chi connectivity index (χ4n) is 5.64. The first-order chi connectivity index (χ1) is 26.1. The zero-order valence-corrected chi connectivity index (χ0v) is 35.9. The van der Waals surface area contributed by atoms with Gasteiger partial charge in [0.1, 0.15) is 38.1 Å². The van der Waals surface area contributed by atoms with Crippen LogP contribution in [0.1, 0.15) is 31.9 Å². The van der Waals surface area contributed by atoms with Crippen LogP contribution in [0.3, 0.4) is 0 Å². The van der Waals surface area contributed by atoms with Gasteiger partial charge in [-0.15, -0.1) is 0 Å². The number of fused-ring (bicyclic) bond motifs is 2. The predicted molar refractivity (Wildman–Crippen MR) is 225 cm³/mol. The lowest BCUT2D eigenvalue weighted by atomic mass is 10.0. The van der Waals surface area contributed by atoms with E-state index in [1.807, 2.05) is 65.4 Å². The van der Waals surface area contributed by atoms with Crippen molar-refractivity contribution in [2.24, 2.45) is 0 Å². The van der Waals surface area contributed by atoms with Crippen molar-refractivity contribution in [1.29, 1.82) is 0 Å². The summed E-state index contributed by atoms with van der Waals surface area (Å²) in [6.45, 7) is 20.7. The summed E-state index contributed by atoms with van der Waals surface area (Å²) < 4.78 is 33.0. The molecule has 2 aromatic carbocycles. The highest BCUT2D eigenvalue weighted by Crippen LogP contribution is 2.38. The minimum Gasteiger partial charge on any atom is -0.490 e. The van der Waals surface area contributed by atoms with Gasteiger partial charge in [-0.25, -0.2) is 0 Å². The van der Waals surface area contributed by atoms with Crippen molar-refractivity contribution in [3.8, 4) is 28.5 Å². The Morgan fingerprint density at radius 2 is 1.53 bits per heavy atom. The molecule has 0 saturated heterocycles. The summed E-state index contributed by atoms with van der Waals surface area (Å²) in [4.78, 5) is 18.3. The van der Waals surface area contributed by atoms with Crippen LogP contribution in [0.25, 0.3) is 33.1 Å². The van der Waals surface area contributed by atoms with Gasteiger partial charge in [0.15, 0.2) is 14.0 Å². The van der Waals surface area contributed by atoms with E-state index in [1.165, 1.54) is 0 Å². The number of aromatic nitrogens is 5. The van der Waals surface area contributed by atoms with E-state index in [4.69, 9.17) is 35.0 Å². The van der Waals surface area contributed by atoms with Crippen molar-refractivity contribution in [2.45, 2.75) is 84.5 Å². The van der Waals surface area contributed by atoms with E-state index in [-0.39, 0.29) is 16.9 Å². The maximum Gasteiger partial charge on any atom is 0.228 e. The highest BCUT2D eigenvalue weighted by molar-refractivity contribution is 6.76. The summed E-state index contributed by atoms with van der Waals surface area (Å²) in [6.07, 6.45) is 7.24. The molecule has 0 unspecified atom stereocenters. The van der Waals surface area contributed by atoms with Crippen molar-refractivity contribution in [2.75, 3.05) is 19.8 Å². The summed E-state index contributed by atoms with van der Waals surface area (Å²) in [5, 5.41) is 1.88. The smallest absolute Gasteiger partial charge is 0.228 e. The number of hydrogen-bond donors (Lipinski definition) is 0. The molecule has 55 heavy (non-hydrogen) atoms. The largest absolute Gasteiger partial charge is 0.490 e. The van der Waals surface area contributed by atoms with Crippen LogP contribution in [0.4, 0.5) is 0 Å². The summed E-state index contributed by atoms with van der Waals surface area (Å²) >= 11 is 6.57. The van der Waals surface area contributed by atoms with Gasteiger partial charge >= 0.3 is 0 Å². The highest BCUT2D eigenvalue weighted by Gasteiger charge is 2.37. The minimum absolute atomic E-state index is 0.0790. The topological polar surface area (TPSA) is 103 Å². The highest BCUT2D eigenvalue weighted by atomic mass is 35.5. The fourth-order valence-corrected chi connectivity index (χ4v) is 7.58. The molecule has 13 heteroatoms. The zero-order chi connectivity index (χ0) is 39.2. The third-order valence-electron chi connectivity index (χ3n) is 9.86. The summed E-state index contributed by atoms with van der Waals surface area (Å²) in [7, 11) is -3.14. The van der Waals surface area contributed by atoms with Gasteiger partial charge in [0.2, 0.25) is 11.2 Å². The quantitative estimate of drug-likeness (QED) is 0.0507. The van der Waals surface area contributed by atoms with Crippen molar-refractivity contribution < 1.29 is 23.4 Å². The van der Waals surface area contributed by atoms with Gasteiger partial charge in [-0.1, -0.05) is 76.8 Å². The lowest BCUT2D eigenvalue weighted by Crippen LogP contribution is -2.41. The van der Waals surface area contributed by atoms with Gasteiger partial charge in [-0.3, -0.25) is 9.97 Å². The lowest BCUT2D eigenvalue weighted by Gasteiger charge is -2.36. The van der Waals surface area contributed by atoms with E-state index >= 15 is 0 Å². The van der Waals surface area contributed by atoms with Crippen molar-refractivity contribution in [1.82, 2.24) is 24.5 Å². The number of benzene rings is 2. The minimum atomic E-state index is -1.86. The van der Waals surface area contributed by atoms with Gasteiger partial charge < -0.3 is 27.9 Å². The van der Waals surface area contributed by atoms with Crippen LogP contribution in [0.15, 0.2) is 85.5 Å². The van der Waals surface area contributed by atoms with Crippen LogP contribution < -0.4 is 14.2 Å². The second-order valence-electron chi connectivity index (χ2n) is 16.5. The van der Waals surface area contributed by atoms with Gasteiger partial charge in [-0.05, 0) is 71.2 Å². The average Bonchev–Trinajstić information content (AvgIpc) is 3.51. The molecular formula is C42H52ClN5O5Si2. The monoisotopic (exact) mass is 797 g/mol. The number of hydrogen-bond acceptors (Lipinski definition) is 9. The predicted octanol–water partition coefficient (Wildman–Crippen LogP) is 10.6.